The van der Waals surface area contributed by atoms with Crippen molar-refractivity contribution in [2.45, 2.75) is 31.7 Å². The highest BCUT2D eigenvalue weighted by molar-refractivity contribution is 5.88. The minimum absolute atomic E-state index is 0.168. The van der Waals surface area contributed by atoms with Gasteiger partial charge in [-0.3, -0.25) is 4.79 Å². The Hall–Kier alpha value is -3.25. The predicted octanol–water partition coefficient (Wildman–Crippen LogP) is 4.12. The Morgan fingerprint density at radius 1 is 1.19 bits per heavy atom. The van der Waals surface area contributed by atoms with Gasteiger partial charge in [0.1, 0.15) is 12.0 Å². The zero-order valence-corrected chi connectivity index (χ0v) is 16.9. The topological polar surface area (TPSA) is 94.6 Å². The van der Waals surface area contributed by atoms with Gasteiger partial charge in [-0.25, -0.2) is 0 Å². The summed E-state index contributed by atoms with van der Waals surface area (Å²) in [4.78, 5) is 13.0. The number of nitrogens with zero attached hydrogens (tertiary/aromatic N) is 1. The van der Waals surface area contributed by atoms with E-state index in [0.29, 0.717) is 10.9 Å². The molecule has 2 aromatic rings. The van der Waals surface area contributed by atoms with Crippen LogP contribution in [0.15, 0.2) is 53.9 Å². The van der Waals surface area contributed by atoms with Crippen LogP contribution in [-0.2, 0) is 19.0 Å². The number of alkyl halides is 3. The van der Waals surface area contributed by atoms with Gasteiger partial charge in [-0.15, -0.1) is 0 Å². The molecule has 0 fully saturated rings. The monoisotopic (exact) mass is 434 g/mol. The molecule has 0 aliphatic carbocycles. The zero-order chi connectivity index (χ0) is 22.8. The summed E-state index contributed by atoms with van der Waals surface area (Å²) < 4.78 is 58.3. The molecule has 31 heavy (non-hydrogen) atoms. The van der Waals surface area contributed by atoms with Crippen molar-refractivity contribution in [2.75, 3.05) is 13.2 Å². The maximum absolute atomic E-state index is 14.4. The molecule has 3 atom stereocenters. The molecule has 0 bridgehead atoms. The number of hydrogen-bond acceptors (Lipinski definition) is 6. The molecule has 0 aromatic heterocycles. The van der Waals surface area contributed by atoms with Crippen molar-refractivity contribution in [3.05, 3.63) is 59.5 Å². The molecule has 0 amide bonds. The SMILES string of the molecule is CCOC(=O)C1C(c2cccc3ccccc23)C(C#N)=C(N)OC1(OCC)C(F)(F)F. The molecule has 2 aromatic carbocycles. The lowest BCUT2D eigenvalue weighted by molar-refractivity contribution is -0.391. The molecule has 3 unspecified atom stereocenters. The number of carbonyl (C=O) groups excluding carboxylic acids is 1. The highest BCUT2D eigenvalue weighted by Gasteiger charge is 2.71. The van der Waals surface area contributed by atoms with Crippen molar-refractivity contribution >= 4 is 16.7 Å². The Labute approximate surface area is 177 Å². The average molecular weight is 434 g/mol. The number of nitrogens with two attached hydrogens (primary N) is 1. The Morgan fingerprint density at radius 2 is 1.87 bits per heavy atom. The molecule has 0 saturated carbocycles. The standard InChI is InChI=1S/C22H21F3N2O4/c1-3-29-20(28)18-17(15-11-7-9-13-8-5-6-10-14(13)15)16(12-26)19(27)31-21(18,30-4-2)22(23,24)25/h5-11,17-18H,3-4,27H2,1-2H3. The molecule has 6 nitrogen and oxygen atoms in total. The van der Waals surface area contributed by atoms with Crippen molar-refractivity contribution < 1.29 is 32.2 Å². The lowest BCUT2D eigenvalue weighted by atomic mass is 9.73. The minimum atomic E-state index is -5.16. The lowest BCUT2D eigenvalue weighted by Crippen LogP contribution is -2.62. The largest absolute Gasteiger partial charge is 0.466 e. The molecule has 0 saturated heterocycles. The summed E-state index contributed by atoms with van der Waals surface area (Å²) >= 11 is 0. The van der Waals surface area contributed by atoms with Gasteiger partial charge in [-0.2, -0.15) is 18.4 Å². The van der Waals surface area contributed by atoms with E-state index in [1.54, 1.807) is 42.5 Å². The fourth-order valence-corrected chi connectivity index (χ4v) is 3.98. The molecular weight excluding hydrogens is 413 g/mol. The second kappa shape index (κ2) is 8.47. The highest BCUT2D eigenvalue weighted by Crippen LogP contribution is 2.53. The third kappa shape index (κ3) is 3.68. The number of allylic oxidation sites excluding steroid dienone is 1. The summed E-state index contributed by atoms with van der Waals surface area (Å²) in [6.45, 7) is 2.22. The van der Waals surface area contributed by atoms with E-state index in [0.717, 1.165) is 5.39 Å². The van der Waals surface area contributed by atoms with Crippen LogP contribution in [0.4, 0.5) is 13.2 Å². The third-order valence-electron chi connectivity index (χ3n) is 5.15. The van der Waals surface area contributed by atoms with Gasteiger partial charge in [-0.1, -0.05) is 42.5 Å². The van der Waals surface area contributed by atoms with E-state index in [9.17, 15) is 23.2 Å². The van der Waals surface area contributed by atoms with Gasteiger partial charge in [0.25, 0.3) is 0 Å². The van der Waals surface area contributed by atoms with Crippen LogP contribution in [0, 0.1) is 17.2 Å². The number of fused-ring (bicyclic) bond motifs is 1. The summed E-state index contributed by atoms with van der Waals surface area (Å²) in [6.07, 6.45) is -5.16. The van der Waals surface area contributed by atoms with Crippen LogP contribution in [0.25, 0.3) is 10.8 Å². The number of rotatable bonds is 5. The van der Waals surface area contributed by atoms with E-state index in [1.165, 1.54) is 13.8 Å². The third-order valence-corrected chi connectivity index (χ3v) is 5.15. The van der Waals surface area contributed by atoms with E-state index < -0.39 is 42.3 Å². The first kappa shape index (κ1) is 22.4. The van der Waals surface area contributed by atoms with Gasteiger partial charge in [0.05, 0.1) is 12.2 Å². The van der Waals surface area contributed by atoms with Gasteiger partial charge in [-0.05, 0) is 30.2 Å². The average Bonchev–Trinajstić information content (AvgIpc) is 2.72. The Kier molecular flexibility index (Phi) is 6.13. The molecule has 1 heterocycles. The van der Waals surface area contributed by atoms with Crippen LogP contribution in [-0.4, -0.2) is 31.1 Å². The molecule has 3 rings (SSSR count). The van der Waals surface area contributed by atoms with Gasteiger partial charge in [0, 0.05) is 12.5 Å². The summed E-state index contributed by atoms with van der Waals surface area (Å²) in [5.41, 5.74) is 5.82. The van der Waals surface area contributed by atoms with Crippen LogP contribution in [0.5, 0.6) is 0 Å². The summed E-state index contributed by atoms with van der Waals surface area (Å²) in [6, 6.07) is 13.7. The quantitative estimate of drug-likeness (QED) is 0.712. The van der Waals surface area contributed by atoms with Crippen LogP contribution < -0.4 is 5.73 Å². The van der Waals surface area contributed by atoms with E-state index >= 15 is 0 Å². The van der Waals surface area contributed by atoms with E-state index in [4.69, 9.17) is 19.9 Å². The maximum Gasteiger partial charge on any atom is 0.456 e. The number of carbonyl (C=O) groups is 1. The van der Waals surface area contributed by atoms with E-state index in [1.807, 2.05) is 6.07 Å². The van der Waals surface area contributed by atoms with Gasteiger partial charge < -0.3 is 19.9 Å². The molecule has 9 heteroatoms. The van der Waals surface area contributed by atoms with Gasteiger partial charge >= 0.3 is 17.9 Å². The normalized spacial score (nSPS) is 23.9. The Morgan fingerprint density at radius 3 is 2.48 bits per heavy atom. The first-order valence-corrected chi connectivity index (χ1v) is 9.65. The molecular formula is C22H21F3N2O4. The summed E-state index contributed by atoms with van der Waals surface area (Å²) in [5.74, 6) is -8.82. The fourth-order valence-electron chi connectivity index (χ4n) is 3.98. The zero-order valence-electron chi connectivity index (χ0n) is 16.9. The molecule has 0 radical (unpaired) electrons. The Balaban J connectivity index is 2.40. The van der Waals surface area contributed by atoms with Crippen molar-refractivity contribution in [3.63, 3.8) is 0 Å². The predicted molar refractivity (Wildman–Crippen MR) is 105 cm³/mol. The smallest absolute Gasteiger partial charge is 0.456 e. The van der Waals surface area contributed by atoms with Crippen molar-refractivity contribution in [2.24, 2.45) is 11.7 Å². The minimum Gasteiger partial charge on any atom is -0.466 e. The number of ether oxygens (including phenoxy) is 3. The van der Waals surface area contributed by atoms with Crippen LogP contribution >= 0.6 is 0 Å². The summed E-state index contributed by atoms with van der Waals surface area (Å²) in [5, 5.41) is 11.0. The number of hydrogen-bond donors (Lipinski definition) is 1. The highest BCUT2D eigenvalue weighted by atomic mass is 19.4. The number of halogens is 3. The second-order valence-corrected chi connectivity index (χ2v) is 6.87. The number of esters is 1. The van der Waals surface area contributed by atoms with Crippen molar-refractivity contribution in [1.82, 2.24) is 0 Å². The van der Waals surface area contributed by atoms with Gasteiger partial charge in [0.2, 0.25) is 5.88 Å². The fraction of sp³-hybridized carbons (Fsp3) is 0.364. The van der Waals surface area contributed by atoms with E-state index in [-0.39, 0.29) is 12.2 Å². The van der Waals surface area contributed by atoms with Crippen LogP contribution in [0.1, 0.15) is 25.3 Å². The number of nitriles is 1. The van der Waals surface area contributed by atoms with Crippen LogP contribution in [0.3, 0.4) is 0 Å². The van der Waals surface area contributed by atoms with E-state index in [2.05, 4.69) is 0 Å². The lowest BCUT2D eigenvalue weighted by Gasteiger charge is -2.45. The Bertz CT molecular complexity index is 1060. The second-order valence-electron chi connectivity index (χ2n) is 6.87. The van der Waals surface area contributed by atoms with Crippen LogP contribution in [0.2, 0.25) is 0 Å². The molecule has 2 N–H and O–H groups in total. The van der Waals surface area contributed by atoms with Crippen molar-refractivity contribution in [3.8, 4) is 6.07 Å². The maximum atomic E-state index is 14.4. The first-order chi connectivity index (χ1) is 14.7. The van der Waals surface area contributed by atoms with Crippen molar-refractivity contribution in [1.29, 1.82) is 5.26 Å². The summed E-state index contributed by atoms with van der Waals surface area (Å²) in [7, 11) is 0. The molecule has 164 valence electrons. The molecule has 1 aliphatic heterocycles. The number of benzene rings is 2. The molecule has 1 aliphatic rings. The molecule has 0 spiro atoms. The van der Waals surface area contributed by atoms with Gasteiger partial charge in [0.15, 0.2) is 0 Å². The first-order valence-electron chi connectivity index (χ1n) is 9.65.